The van der Waals surface area contributed by atoms with Crippen LogP contribution in [0.25, 0.3) is 0 Å². The first-order valence-electron chi connectivity index (χ1n) is 5.30. The molecule has 0 spiro atoms. The van der Waals surface area contributed by atoms with Crippen LogP contribution < -0.4 is 5.32 Å². The Kier molecular flexibility index (Phi) is 3.54. The quantitative estimate of drug-likeness (QED) is 0.753. The second-order valence-electron chi connectivity index (χ2n) is 3.66. The van der Waals surface area contributed by atoms with Crippen LogP contribution in [-0.2, 0) is 14.3 Å². The molecule has 2 rings (SSSR count). The SMILES string of the molecule is COC(=O)[C@@H]1OCCN[C@H]1c1ccccc1. The molecule has 0 aliphatic carbocycles. The highest BCUT2D eigenvalue weighted by Gasteiger charge is 2.33. The largest absolute Gasteiger partial charge is 0.467 e. The van der Waals surface area contributed by atoms with Crippen molar-refractivity contribution in [3.05, 3.63) is 35.9 Å². The topological polar surface area (TPSA) is 47.6 Å². The fraction of sp³-hybridized carbons (Fsp3) is 0.417. The van der Waals surface area contributed by atoms with E-state index >= 15 is 0 Å². The minimum absolute atomic E-state index is 0.123. The second kappa shape index (κ2) is 5.09. The maximum absolute atomic E-state index is 11.6. The lowest BCUT2D eigenvalue weighted by molar-refractivity contribution is -0.159. The summed E-state index contributed by atoms with van der Waals surface area (Å²) in [5, 5.41) is 3.27. The molecular formula is C12H15NO3. The standard InChI is InChI=1S/C12H15NO3/c1-15-12(14)11-10(13-7-8-16-11)9-5-3-2-4-6-9/h2-6,10-11,13H,7-8H2,1H3/t10-,11+/m0/s1. The van der Waals surface area contributed by atoms with Crippen LogP contribution in [0.2, 0.25) is 0 Å². The van der Waals surface area contributed by atoms with Crippen molar-refractivity contribution in [2.24, 2.45) is 0 Å². The highest BCUT2D eigenvalue weighted by molar-refractivity contribution is 5.76. The lowest BCUT2D eigenvalue weighted by Crippen LogP contribution is -2.46. The Morgan fingerprint density at radius 2 is 2.19 bits per heavy atom. The van der Waals surface area contributed by atoms with E-state index in [1.165, 1.54) is 7.11 Å². The van der Waals surface area contributed by atoms with Crippen LogP contribution >= 0.6 is 0 Å². The van der Waals surface area contributed by atoms with Crippen molar-refractivity contribution in [2.75, 3.05) is 20.3 Å². The van der Waals surface area contributed by atoms with Gasteiger partial charge in [-0.05, 0) is 5.56 Å². The molecule has 1 heterocycles. The van der Waals surface area contributed by atoms with Crippen molar-refractivity contribution in [1.82, 2.24) is 5.32 Å². The van der Waals surface area contributed by atoms with Gasteiger partial charge in [0.15, 0.2) is 6.10 Å². The van der Waals surface area contributed by atoms with E-state index in [4.69, 9.17) is 9.47 Å². The van der Waals surface area contributed by atoms with Crippen molar-refractivity contribution in [3.63, 3.8) is 0 Å². The zero-order chi connectivity index (χ0) is 11.4. The summed E-state index contributed by atoms with van der Waals surface area (Å²) in [6.45, 7) is 1.27. The summed E-state index contributed by atoms with van der Waals surface area (Å²) < 4.78 is 10.2. The first-order chi connectivity index (χ1) is 7.83. The third-order valence-electron chi connectivity index (χ3n) is 2.66. The third-order valence-corrected chi connectivity index (χ3v) is 2.66. The van der Waals surface area contributed by atoms with Gasteiger partial charge in [-0.1, -0.05) is 30.3 Å². The Balaban J connectivity index is 2.20. The van der Waals surface area contributed by atoms with E-state index in [9.17, 15) is 4.79 Å². The van der Waals surface area contributed by atoms with E-state index in [-0.39, 0.29) is 12.0 Å². The summed E-state index contributed by atoms with van der Waals surface area (Å²) in [4.78, 5) is 11.6. The molecule has 2 atom stereocenters. The Morgan fingerprint density at radius 1 is 1.44 bits per heavy atom. The van der Waals surface area contributed by atoms with Crippen LogP contribution in [-0.4, -0.2) is 32.3 Å². The zero-order valence-electron chi connectivity index (χ0n) is 9.18. The Hall–Kier alpha value is -1.39. The maximum Gasteiger partial charge on any atom is 0.336 e. The van der Waals surface area contributed by atoms with Crippen molar-refractivity contribution in [1.29, 1.82) is 0 Å². The third kappa shape index (κ3) is 2.23. The van der Waals surface area contributed by atoms with E-state index in [0.717, 1.165) is 12.1 Å². The predicted molar refractivity (Wildman–Crippen MR) is 58.9 cm³/mol. The Labute approximate surface area is 94.6 Å². The molecule has 1 saturated heterocycles. The van der Waals surface area contributed by atoms with Gasteiger partial charge in [0.2, 0.25) is 0 Å². The monoisotopic (exact) mass is 221 g/mol. The van der Waals surface area contributed by atoms with Crippen LogP contribution in [0.15, 0.2) is 30.3 Å². The van der Waals surface area contributed by atoms with E-state index in [2.05, 4.69) is 5.32 Å². The van der Waals surface area contributed by atoms with Gasteiger partial charge >= 0.3 is 5.97 Å². The molecule has 0 radical (unpaired) electrons. The van der Waals surface area contributed by atoms with Gasteiger partial charge in [0.25, 0.3) is 0 Å². The summed E-state index contributed by atoms with van der Waals surface area (Å²) in [5.41, 5.74) is 1.04. The fourth-order valence-electron chi connectivity index (χ4n) is 1.88. The normalized spacial score (nSPS) is 25.1. The summed E-state index contributed by atoms with van der Waals surface area (Å²) >= 11 is 0. The smallest absolute Gasteiger partial charge is 0.336 e. The summed E-state index contributed by atoms with van der Waals surface area (Å²) in [5.74, 6) is -0.332. The van der Waals surface area contributed by atoms with Crippen molar-refractivity contribution >= 4 is 5.97 Å². The van der Waals surface area contributed by atoms with Gasteiger partial charge in [-0.2, -0.15) is 0 Å². The van der Waals surface area contributed by atoms with Crippen molar-refractivity contribution in [3.8, 4) is 0 Å². The van der Waals surface area contributed by atoms with E-state index in [1.807, 2.05) is 30.3 Å². The molecule has 0 bridgehead atoms. The highest BCUT2D eigenvalue weighted by Crippen LogP contribution is 2.22. The minimum Gasteiger partial charge on any atom is -0.467 e. The number of methoxy groups -OCH3 is 1. The molecule has 1 aliphatic rings. The first kappa shape index (κ1) is 11.1. The average molecular weight is 221 g/mol. The number of morpholine rings is 1. The van der Waals surface area contributed by atoms with Crippen LogP contribution in [0.3, 0.4) is 0 Å². The van der Waals surface area contributed by atoms with Gasteiger partial charge < -0.3 is 14.8 Å². The van der Waals surface area contributed by atoms with E-state index < -0.39 is 6.10 Å². The number of carbonyl (C=O) groups is 1. The molecule has 4 heteroatoms. The molecule has 0 amide bonds. The minimum atomic E-state index is -0.554. The first-order valence-corrected chi connectivity index (χ1v) is 5.30. The zero-order valence-corrected chi connectivity index (χ0v) is 9.18. The van der Waals surface area contributed by atoms with Gasteiger partial charge in [0, 0.05) is 6.54 Å². The summed E-state index contributed by atoms with van der Waals surface area (Å²) in [6, 6.07) is 9.66. The Bertz CT molecular complexity index is 353. The predicted octanol–water partition coefficient (Wildman–Crippen LogP) is 0.889. The lowest BCUT2D eigenvalue weighted by atomic mass is 10.0. The average Bonchev–Trinajstić information content (AvgIpc) is 2.39. The number of benzene rings is 1. The molecule has 0 aromatic heterocycles. The summed E-state index contributed by atoms with van der Waals surface area (Å²) in [7, 11) is 1.38. The highest BCUT2D eigenvalue weighted by atomic mass is 16.6. The van der Waals surface area contributed by atoms with Crippen LogP contribution in [0.4, 0.5) is 0 Å². The van der Waals surface area contributed by atoms with Gasteiger partial charge in [-0.25, -0.2) is 4.79 Å². The van der Waals surface area contributed by atoms with Gasteiger partial charge in [-0.3, -0.25) is 0 Å². The fourth-order valence-corrected chi connectivity index (χ4v) is 1.88. The number of hydrogen-bond acceptors (Lipinski definition) is 4. The number of hydrogen-bond donors (Lipinski definition) is 1. The van der Waals surface area contributed by atoms with Crippen LogP contribution in [0, 0.1) is 0 Å². The molecule has 1 N–H and O–H groups in total. The van der Waals surface area contributed by atoms with Gasteiger partial charge in [0.1, 0.15) is 0 Å². The molecular weight excluding hydrogens is 206 g/mol. The van der Waals surface area contributed by atoms with Crippen LogP contribution in [0.1, 0.15) is 11.6 Å². The maximum atomic E-state index is 11.6. The molecule has 0 saturated carbocycles. The van der Waals surface area contributed by atoms with E-state index in [0.29, 0.717) is 6.61 Å². The second-order valence-corrected chi connectivity index (χ2v) is 3.66. The van der Waals surface area contributed by atoms with Crippen LogP contribution in [0.5, 0.6) is 0 Å². The lowest BCUT2D eigenvalue weighted by Gasteiger charge is -2.31. The molecule has 1 fully saturated rings. The molecule has 0 unspecified atom stereocenters. The number of rotatable bonds is 2. The van der Waals surface area contributed by atoms with Gasteiger partial charge in [0.05, 0.1) is 19.8 Å². The van der Waals surface area contributed by atoms with E-state index in [1.54, 1.807) is 0 Å². The summed E-state index contributed by atoms with van der Waals surface area (Å²) in [6.07, 6.45) is -0.554. The number of carbonyl (C=O) groups excluding carboxylic acids is 1. The van der Waals surface area contributed by atoms with Crippen molar-refractivity contribution in [2.45, 2.75) is 12.1 Å². The molecule has 16 heavy (non-hydrogen) atoms. The molecule has 86 valence electrons. The number of ether oxygens (including phenoxy) is 2. The number of esters is 1. The van der Waals surface area contributed by atoms with Crippen molar-refractivity contribution < 1.29 is 14.3 Å². The Morgan fingerprint density at radius 3 is 2.88 bits per heavy atom. The molecule has 1 aliphatic heterocycles. The number of nitrogens with one attached hydrogen (secondary N) is 1. The molecule has 1 aromatic carbocycles. The van der Waals surface area contributed by atoms with Gasteiger partial charge in [-0.15, -0.1) is 0 Å². The molecule has 1 aromatic rings. The molecule has 4 nitrogen and oxygen atoms in total.